The standard InChI is InChI=1S/C18H24N4O3S2/c1-13-6-8-16(9-7-13)27(24,25)22-12-4-3-5-15(22)10-11-19-18(23)17-14(2)20-21-26-17/h6-9,15H,3-5,10-12H2,1-2H3,(H,19,23). The van der Waals surface area contributed by atoms with E-state index in [4.69, 9.17) is 0 Å². The molecule has 1 unspecified atom stereocenters. The molecular weight excluding hydrogens is 384 g/mol. The number of benzene rings is 1. The molecular formula is C18H24N4O3S2. The van der Waals surface area contributed by atoms with Gasteiger partial charge < -0.3 is 5.32 Å². The number of hydrogen-bond donors (Lipinski definition) is 1. The number of aromatic nitrogens is 2. The molecule has 1 amide bonds. The smallest absolute Gasteiger partial charge is 0.264 e. The molecule has 1 fully saturated rings. The van der Waals surface area contributed by atoms with Crippen LogP contribution in [0.3, 0.4) is 0 Å². The molecule has 1 atom stereocenters. The van der Waals surface area contributed by atoms with Crippen molar-refractivity contribution in [2.75, 3.05) is 13.1 Å². The molecule has 2 heterocycles. The van der Waals surface area contributed by atoms with Crippen molar-refractivity contribution in [2.45, 2.75) is 50.5 Å². The summed E-state index contributed by atoms with van der Waals surface area (Å²) in [5, 5.41) is 6.70. The molecule has 0 bridgehead atoms. The van der Waals surface area contributed by atoms with Crippen LogP contribution in [0, 0.1) is 13.8 Å². The van der Waals surface area contributed by atoms with Crippen molar-refractivity contribution in [1.82, 2.24) is 19.2 Å². The summed E-state index contributed by atoms with van der Waals surface area (Å²) in [6, 6.07) is 6.86. The van der Waals surface area contributed by atoms with E-state index in [0.717, 1.165) is 36.4 Å². The molecule has 27 heavy (non-hydrogen) atoms. The maximum absolute atomic E-state index is 13.1. The maximum Gasteiger partial charge on any atom is 0.264 e. The Morgan fingerprint density at radius 3 is 2.67 bits per heavy atom. The van der Waals surface area contributed by atoms with E-state index < -0.39 is 10.0 Å². The van der Waals surface area contributed by atoms with Gasteiger partial charge in [0.1, 0.15) is 4.88 Å². The van der Waals surface area contributed by atoms with E-state index in [0.29, 0.717) is 35.0 Å². The number of carbonyl (C=O) groups excluding carboxylic acids is 1. The van der Waals surface area contributed by atoms with Crippen LogP contribution in [0.2, 0.25) is 0 Å². The second-order valence-corrected chi connectivity index (χ2v) is 9.46. The molecule has 1 aliphatic rings. The molecule has 9 heteroatoms. The number of rotatable bonds is 6. The van der Waals surface area contributed by atoms with Gasteiger partial charge in [-0.1, -0.05) is 28.6 Å². The summed E-state index contributed by atoms with van der Waals surface area (Å²) in [4.78, 5) is 13.0. The van der Waals surface area contributed by atoms with Gasteiger partial charge in [-0.3, -0.25) is 4.79 Å². The average Bonchev–Trinajstić information content (AvgIpc) is 3.08. The Morgan fingerprint density at radius 2 is 2.00 bits per heavy atom. The van der Waals surface area contributed by atoms with Crippen molar-refractivity contribution in [3.63, 3.8) is 0 Å². The molecule has 1 aromatic heterocycles. The Labute approximate surface area is 164 Å². The largest absolute Gasteiger partial charge is 0.351 e. The van der Waals surface area contributed by atoms with Crippen molar-refractivity contribution in [1.29, 1.82) is 0 Å². The van der Waals surface area contributed by atoms with Crippen LogP contribution in [0.1, 0.15) is 46.6 Å². The predicted molar refractivity (Wildman–Crippen MR) is 104 cm³/mol. The van der Waals surface area contributed by atoms with Gasteiger partial charge in [0.25, 0.3) is 5.91 Å². The Kier molecular flexibility index (Phi) is 6.23. The summed E-state index contributed by atoms with van der Waals surface area (Å²) >= 11 is 1.07. The summed E-state index contributed by atoms with van der Waals surface area (Å²) in [5.74, 6) is -0.203. The number of carbonyl (C=O) groups is 1. The van der Waals surface area contributed by atoms with Gasteiger partial charge in [-0.2, -0.15) is 4.31 Å². The lowest BCUT2D eigenvalue weighted by Gasteiger charge is -2.34. The van der Waals surface area contributed by atoms with Crippen molar-refractivity contribution < 1.29 is 13.2 Å². The third-order valence-electron chi connectivity index (χ3n) is 4.82. The number of aryl methyl sites for hydroxylation is 2. The molecule has 1 aromatic carbocycles. The van der Waals surface area contributed by atoms with Gasteiger partial charge in [0.15, 0.2) is 0 Å². The fourth-order valence-electron chi connectivity index (χ4n) is 3.30. The number of piperidine rings is 1. The van der Waals surface area contributed by atoms with E-state index in [1.807, 2.05) is 19.1 Å². The molecule has 146 valence electrons. The fourth-order valence-corrected chi connectivity index (χ4v) is 5.59. The number of amides is 1. The molecule has 0 radical (unpaired) electrons. The first kappa shape index (κ1) is 19.9. The molecule has 1 N–H and O–H groups in total. The van der Waals surface area contributed by atoms with Crippen molar-refractivity contribution in [2.24, 2.45) is 0 Å². The van der Waals surface area contributed by atoms with Gasteiger partial charge >= 0.3 is 0 Å². The molecule has 0 saturated carbocycles. The minimum atomic E-state index is -3.53. The topological polar surface area (TPSA) is 92.3 Å². The SMILES string of the molecule is Cc1ccc(S(=O)(=O)N2CCCCC2CCNC(=O)c2snnc2C)cc1. The van der Waals surface area contributed by atoms with Gasteiger partial charge in [-0.15, -0.1) is 5.10 Å². The van der Waals surface area contributed by atoms with Crippen LogP contribution in [0.5, 0.6) is 0 Å². The van der Waals surface area contributed by atoms with Crippen LogP contribution < -0.4 is 5.32 Å². The molecule has 3 rings (SSSR count). The van der Waals surface area contributed by atoms with Gasteiger partial charge in [-0.25, -0.2) is 8.42 Å². The summed E-state index contributed by atoms with van der Waals surface area (Å²) in [5.41, 5.74) is 1.64. The second-order valence-electron chi connectivity index (χ2n) is 6.81. The van der Waals surface area contributed by atoms with E-state index in [1.54, 1.807) is 23.4 Å². The van der Waals surface area contributed by atoms with Gasteiger partial charge in [0, 0.05) is 19.1 Å². The zero-order chi connectivity index (χ0) is 19.4. The molecule has 7 nitrogen and oxygen atoms in total. The lowest BCUT2D eigenvalue weighted by Crippen LogP contribution is -2.45. The molecule has 2 aromatic rings. The van der Waals surface area contributed by atoms with Crippen molar-refractivity contribution >= 4 is 27.5 Å². The Balaban J connectivity index is 1.66. The van der Waals surface area contributed by atoms with Gasteiger partial charge in [0.05, 0.1) is 10.6 Å². The minimum absolute atomic E-state index is 0.106. The lowest BCUT2D eigenvalue weighted by atomic mass is 10.0. The van der Waals surface area contributed by atoms with Gasteiger partial charge in [-0.05, 0) is 56.8 Å². The fraction of sp³-hybridized carbons (Fsp3) is 0.500. The zero-order valence-corrected chi connectivity index (χ0v) is 17.1. The first-order chi connectivity index (χ1) is 12.9. The van der Waals surface area contributed by atoms with Crippen LogP contribution in [0.25, 0.3) is 0 Å². The lowest BCUT2D eigenvalue weighted by molar-refractivity contribution is 0.0953. The minimum Gasteiger partial charge on any atom is -0.351 e. The van der Waals surface area contributed by atoms with Crippen LogP contribution in [-0.4, -0.2) is 47.3 Å². The van der Waals surface area contributed by atoms with E-state index in [2.05, 4.69) is 14.9 Å². The van der Waals surface area contributed by atoms with Crippen molar-refractivity contribution in [3.8, 4) is 0 Å². The third-order valence-corrected chi connectivity index (χ3v) is 7.61. The summed E-state index contributed by atoms with van der Waals surface area (Å²) in [7, 11) is -3.53. The van der Waals surface area contributed by atoms with Crippen LogP contribution in [0.15, 0.2) is 29.2 Å². The van der Waals surface area contributed by atoms with E-state index in [9.17, 15) is 13.2 Å². The molecule has 1 aliphatic heterocycles. The quantitative estimate of drug-likeness (QED) is 0.793. The summed E-state index contributed by atoms with van der Waals surface area (Å²) in [6.45, 7) is 4.62. The highest BCUT2D eigenvalue weighted by atomic mass is 32.2. The Hall–Kier alpha value is -1.84. The van der Waals surface area contributed by atoms with Crippen molar-refractivity contribution in [3.05, 3.63) is 40.4 Å². The number of nitrogens with one attached hydrogen (secondary N) is 1. The first-order valence-electron chi connectivity index (χ1n) is 9.05. The highest BCUT2D eigenvalue weighted by molar-refractivity contribution is 7.89. The van der Waals surface area contributed by atoms with E-state index in [1.165, 1.54) is 0 Å². The predicted octanol–water partition coefficient (Wildman–Crippen LogP) is 2.52. The zero-order valence-electron chi connectivity index (χ0n) is 15.5. The number of sulfonamides is 1. The highest BCUT2D eigenvalue weighted by Gasteiger charge is 2.33. The highest BCUT2D eigenvalue weighted by Crippen LogP contribution is 2.27. The number of nitrogens with zero attached hydrogens (tertiary/aromatic N) is 3. The summed E-state index contributed by atoms with van der Waals surface area (Å²) in [6.07, 6.45) is 3.25. The Bertz CT molecular complexity index is 894. The third kappa shape index (κ3) is 4.53. The van der Waals surface area contributed by atoms with E-state index in [-0.39, 0.29) is 11.9 Å². The molecule has 0 aliphatic carbocycles. The molecule has 0 spiro atoms. The molecule has 1 saturated heterocycles. The normalized spacial score (nSPS) is 18.4. The van der Waals surface area contributed by atoms with Crippen LogP contribution in [-0.2, 0) is 10.0 Å². The van der Waals surface area contributed by atoms with Crippen LogP contribution >= 0.6 is 11.5 Å². The number of hydrogen-bond acceptors (Lipinski definition) is 6. The second kappa shape index (κ2) is 8.45. The van der Waals surface area contributed by atoms with E-state index >= 15 is 0 Å². The average molecular weight is 409 g/mol. The maximum atomic E-state index is 13.1. The Morgan fingerprint density at radius 1 is 1.26 bits per heavy atom. The first-order valence-corrected chi connectivity index (χ1v) is 11.3. The monoisotopic (exact) mass is 408 g/mol. The van der Waals surface area contributed by atoms with Gasteiger partial charge in [0.2, 0.25) is 10.0 Å². The summed E-state index contributed by atoms with van der Waals surface area (Å²) < 4.78 is 31.5. The van der Waals surface area contributed by atoms with Crippen LogP contribution in [0.4, 0.5) is 0 Å².